The molecule has 0 fully saturated rings. The van der Waals surface area contributed by atoms with Gasteiger partial charge in [0.15, 0.2) is 0 Å². The van der Waals surface area contributed by atoms with Gasteiger partial charge >= 0.3 is 6.03 Å². The van der Waals surface area contributed by atoms with Crippen molar-refractivity contribution in [2.24, 2.45) is 0 Å². The van der Waals surface area contributed by atoms with Crippen molar-refractivity contribution in [3.8, 4) is 5.75 Å². The molecule has 174 valence electrons. The van der Waals surface area contributed by atoms with Gasteiger partial charge in [0.05, 0.1) is 13.7 Å². The zero-order valence-corrected chi connectivity index (χ0v) is 20.0. The lowest BCUT2D eigenvalue weighted by Gasteiger charge is -2.28. The summed E-state index contributed by atoms with van der Waals surface area (Å²) in [7, 11) is 1.59. The lowest BCUT2D eigenvalue weighted by Crippen LogP contribution is -2.44. The monoisotopic (exact) mass is 465 g/mol. The fourth-order valence-corrected chi connectivity index (χ4v) is 4.11. The van der Waals surface area contributed by atoms with E-state index in [0.717, 1.165) is 23.3 Å². The number of hydrogen-bond acceptors (Lipinski definition) is 4. The van der Waals surface area contributed by atoms with Crippen LogP contribution in [0.15, 0.2) is 72.1 Å². The number of ether oxygens (including phenoxy) is 1. The summed E-state index contributed by atoms with van der Waals surface area (Å²) in [5.41, 5.74) is 1.69. The Kier molecular flexibility index (Phi) is 9.32. The molecule has 1 N–H and O–H groups in total. The molecule has 3 rings (SSSR count). The van der Waals surface area contributed by atoms with Gasteiger partial charge in [-0.2, -0.15) is 0 Å². The summed E-state index contributed by atoms with van der Waals surface area (Å²) in [6.45, 7) is 3.61. The number of methoxy groups -OCH3 is 1. The molecule has 2 aromatic carbocycles. The van der Waals surface area contributed by atoms with Crippen LogP contribution in [-0.2, 0) is 17.9 Å². The van der Waals surface area contributed by atoms with Crippen LogP contribution in [0.1, 0.15) is 30.2 Å². The molecular weight excluding hydrogens is 434 g/mol. The van der Waals surface area contributed by atoms with Gasteiger partial charge in [-0.1, -0.05) is 55.8 Å². The van der Waals surface area contributed by atoms with E-state index in [4.69, 9.17) is 4.74 Å². The molecule has 1 heterocycles. The molecule has 0 aliphatic heterocycles. The van der Waals surface area contributed by atoms with E-state index in [-0.39, 0.29) is 18.5 Å². The summed E-state index contributed by atoms with van der Waals surface area (Å²) in [5.74, 6) is 0.582. The number of urea groups is 1. The van der Waals surface area contributed by atoms with Crippen LogP contribution in [0.2, 0.25) is 0 Å². The van der Waals surface area contributed by atoms with Gasteiger partial charge in [-0.3, -0.25) is 4.79 Å². The normalized spacial score (nSPS) is 10.5. The number of carbonyl (C=O) groups excluding carboxylic acids is 2. The largest absolute Gasteiger partial charge is 0.497 e. The van der Waals surface area contributed by atoms with Crippen molar-refractivity contribution in [3.05, 3.63) is 82.6 Å². The third-order valence-electron chi connectivity index (χ3n) is 5.21. The number of unbranched alkanes of at least 4 members (excludes halogenated alkanes) is 1. The van der Waals surface area contributed by atoms with Gasteiger partial charge in [-0.15, -0.1) is 11.3 Å². The number of hydrogen-bond donors (Lipinski definition) is 1. The van der Waals surface area contributed by atoms with Crippen LogP contribution in [0.25, 0.3) is 0 Å². The average molecular weight is 466 g/mol. The van der Waals surface area contributed by atoms with Gasteiger partial charge in [0.25, 0.3) is 0 Å². The second-order valence-electron chi connectivity index (χ2n) is 7.75. The number of rotatable bonds is 11. The number of amides is 3. The molecular formula is C26H31N3O3S. The van der Waals surface area contributed by atoms with Crippen molar-refractivity contribution in [1.29, 1.82) is 0 Å². The van der Waals surface area contributed by atoms with Crippen molar-refractivity contribution in [2.45, 2.75) is 32.9 Å². The number of nitrogens with zero attached hydrogens (tertiary/aromatic N) is 2. The summed E-state index contributed by atoms with van der Waals surface area (Å²) in [4.78, 5) is 31.0. The van der Waals surface area contributed by atoms with Crippen LogP contribution in [0.5, 0.6) is 5.75 Å². The lowest BCUT2D eigenvalue weighted by molar-refractivity contribution is -0.133. The van der Waals surface area contributed by atoms with Gasteiger partial charge in [0.1, 0.15) is 12.3 Å². The fourth-order valence-electron chi connectivity index (χ4n) is 3.39. The molecule has 6 nitrogen and oxygen atoms in total. The van der Waals surface area contributed by atoms with E-state index in [1.165, 1.54) is 0 Å². The minimum atomic E-state index is -0.291. The van der Waals surface area contributed by atoms with Crippen LogP contribution < -0.4 is 10.1 Å². The van der Waals surface area contributed by atoms with Crippen LogP contribution >= 0.6 is 11.3 Å². The maximum Gasteiger partial charge on any atom is 0.322 e. The Bertz CT molecular complexity index is 1010. The molecule has 1 aromatic heterocycles. The molecule has 3 amide bonds. The minimum absolute atomic E-state index is 0.0218. The molecule has 33 heavy (non-hydrogen) atoms. The molecule has 3 aromatic rings. The van der Waals surface area contributed by atoms with Crippen LogP contribution in [0.3, 0.4) is 0 Å². The quantitative estimate of drug-likeness (QED) is 0.400. The van der Waals surface area contributed by atoms with E-state index >= 15 is 0 Å². The number of nitrogens with one attached hydrogen (secondary N) is 1. The maximum atomic E-state index is 13.4. The highest BCUT2D eigenvalue weighted by molar-refractivity contribution is 7.09. The first-order valence-corrected chi connectivity index (χ1v) is 12.0. The average Bonchev–Trinajstić information content (AvgIpc) is 3.35. The van der Waals surface area contributed by atoms with Crippen LogP contribution in [-0.4, -0.2) is 41.9 Å². The first kappa shape index (κ1) is 24.3. The van der Waals surface area contributed by atoms with E-state index in [1.54, 1.807) is 35.5 Å². The predicted molar refractivity (Wildman–Crippen MR) is 134 cm³/mol. The Morgan fingerprint density at radius 3 is 2.48 bits per heavy atom. The van der Waals surface area contributed by atoms with E-state index in [0.29, 0.717) is 31.1 Å². The zero-order chi connectivity index (χ0) is 23.5. The van der Waals surface area contributed by atoms with Gasteiger partial charge in [0.2, 0.25) is 5.91 Å². The molecule has 0 aliphatic carbocycles. The highest BCUT2D eigenvalue weighted by Crippen LogP contribution is 2.18. The SMILES string of the molecule is CCCCN(CC(=O)N(Cc1ccccc1)Cc1cccs1)C(=O)Nc1cccc(OC)c1. The standard InChI is InChI=1S/C26H31N3O3S/c1-3-4-15-28(26(31)27-22-12-8-13-23(17-22)32-2)20-25(30)29(19-24-14-9-16-33-24)18-21-10-6-5-7-11-21/h5-14,16-17H,3-4,15,18-20H2,1-2H3,(H,27,31). The first-order valence-electron chi connectivity index (χ1n) is 11.1. The number of carbonyl (C=O) groups is 2. The summed E-state index contributed by atoms with van der Waals surface area (Å²) in [6.07, 6.45) is 1.75. The molecule has 0 radical (unpaired) electrons. The Morgan fingerprint density at radius 1 is 0.970 bits per heavy atom. The Hall–Kier alpha value is -3.32. The Labute approximate surface area is 199 Å². The van der Waals surface area contributed by atoms with Crippen LogP contribution in [0.4, 0.5) is 10.5 Å². The summed E-state index contributed by atoms with van der Waals surface area (Å²) < 4.78 is 5.24. The summed E-state index contributed by atoms with van der Waals surface area (Å²) in [5, 5.41) is 4.91. The van der Waals surface area contributed by atoms with Crippen molar-refractivity contribution < 1.29 is 14.3 Å². The van der Waals surface area contributed by atoms with Gasteiger partial charge in [-0.25, -0.2) is 4.79 Å². The van der Waals surface area contributed by atoms with E-state index in [9.17, 15) is 9.59 Å². The van der Waals surface area contributed by atoms with Gasteiger partial charge < -0.3 is 19.9 Å². The Balaban J connectivity index is 1.73. The molecule has 7 heteroatoms. The number of benzene rings is 2. The molecule has 0 aliphatic rings. The summed E-state index contributed by atoms with van der Waals surface area (Å²) >= 11 is 1.62. The van der Waals surface area contributed by atoms with Crippen molar-refractivity contribution in [3.63, 3.8) is 0 Å². The molecule has 0 saturated carbocycles. The number of anilines is 1. The van der Waals surface area contributed by atoms with E-state index in [2.05, 4.69) is 12.2 Å². The second-order valence-corrected chi connectivity index (χ2v) is 8.78. The first-order chi connectivity index (χ1) is 16.1. The topological polar surface area (TPSA) is 61.9 Å². The van der Waals surface area contributed by atoms with Gasteiger partial charge in [0, 0.05) is 29.7 Å². The molecule has 0 bridgehead atoms. The lowest BCUT2D eigenvalue weighted by atomic mass is 10.2. The van der Waals surface area contributed by atoms with Crippen molar-refractivity contribution in [1.82, 2.24) is 9.80 Å². The second kappa shape index (κ2) is 12.6. The third kappa shape index (κ3) is 7.64. The minimum Gasteiger partial charge on any atom is -0.497 e. The fraction of sp³-hybridized carbons (Fsp3) is 0.308. The van der Waals surface area contributed by atoms with Crippen molar-refractivity contribution in [2.75, 3.05) is 25.5 Å². The number of thiophene rings is 1. The van der Waals surface area contributed by atoms with E-state index < -0.39 is 0 Å². The summed E-state index contributed by atoms with van der Waals surface area (Å²) in [6, 6.07) is 20.9. The molecule has 0 unspecified atom stereocenters. The highest BCUT2D eigenvalue weighted by atomic mass is 32.1. The molecule has 0 spiro atoms. The predicted octanol–water partition coefficient (Wildman–Crippen LogP) is 5.62. The van der Waals surface area contributed by atoms with Crippen molar-refractivity contribution >= 4 is 29.0 Å². The molecule has 0 saturated heterocycles. The highest BCUT2D eigenvalue weighted by Gasteiger charge is 2.22. The molecule has 0 atom stereocenters. The van der Waals surface area contributed by atoms with Crippen LogP contribution in [0, 0.1) is 0 Å². The zero-order valence-electron chi connectivity index (χ0n) is 19.2. The maximum absolute atomic E-state index is 13.4. The third-order valence-corrected chi connectivity index (χ3v) is 6.07. The Morgan fingerprint density at radius 2 is 1.79 bits per heavy atom. The van der Waals surface area contributed by atoms with E-state index in [1.807, 2.05) is 64.9 Å². The van der Waals surface area contributed by atoms with Gasteiger partial charge in [-0.05, 0) is 35.6 Å². The smallest absolute Gasteiger partial charge is 0.322 e.